The van der Waals surface area contributed by atoms with Crippen LogP contribution in [0.25, 0.3) is 5.57 Å². The Kier molecular flexibility index (Phi) is 5.16. The van der Waals surface area contributed by atoms with Crippen LogP contribution in [0.1, 0.15) is 24.0 Å². The van der Waals surface area contributed by atoms with Crippen molar-refractivity contribution in [2.75, 3.05) is 13.9 Å². The minimum absolute atomic E-state index is 0.0363. The number of rotatable bonds is 7. The minimum atomic E-state index is -1.44. The summed E-state index contributed by atoms with van der Waals surface area (Å²) in [6.45, 7) is 0.127. The highest BCUT2D eigenvalue weighted by atomic mass is 16.7. The minimum Gasteiger partial charge on any atom is -0.481 e. The van der Waals surface area contributed by atoms with E-state index in [4.69, 9.17) is 19.7 Å². The lowest BCUT2D eigenvalue weighted by molar-refractivity contribution is -0.154. The Morgan fingerprint density at radius 3 is 2.64 bits per heavy atom. The highest BCUT2D eigenvalue weighted by molar-refractivity contribution is 5.95. The van der Waals surface area contributed by atoms with E-state index in [1.807, 2.05) is 18.2 Å². The van der Waals surface area contributed by atoms with Crippen molar-refractivity contribution in [2.45, 2.75) is 19.3 Å². The number of carbonyl (C=O) groups is 2. The number of carboxylic acid groups (broad SMARTS) is 2. The molecule has 0 atom stereocenters. The third-order valence-corrected chi connectivity index (χ3v) is 3.62. The molecule has 1 aliphatic carbocycles. The molecule has 0 saturated carbocycles. The average molecular weight is 306 g/mol. The summed E-state index contributed by atoms with van der Waals surface area (Å²) in [5.74, 6) is -3.41. The van der Waals surface area contributed by atoms with Gasteiger partial charge < -0.3 is 19.7 Å². The molecular formula is C16H18O6. The molecule has 6 heteroatoms. The normalized spacial score (nSPS) is 13.5. The molecule has 1 aromatic carbocycles. The number of carboxylic acids is 2. The van der Waals surface area contributed by atoms with Gasteiger partial charge in [-0.2, -0.15) is 0 Å². The quantitative estimate of drug-likeness (QED) is 0.592. The van der Waals surface area contributed by atoms with Crippen LogP contribution in [0.15, 0.2) is 24.3 Å². The topological polar surface area (TPSA) is 93.1 Å². The predicted octanol–water partition coefficient (Wildman–Crippen LogP) is 2.17. The molecule has 0 bridgehead atoms. The Morgan fingerprint density at radius 1 is 1.27 bits per heavy atom. The van der Waals surface area contributed by atoms with Gasteiger partial charge in [0.05, 0.1) is 0 Å². The van der Waals surface area contributed by atoms with Crippen molar-refractivity contribution in [3.8, 4) is 5.75 Å². The van der Waals surface area contributed by atoms with Gasteiger partial charge in [0.2, 0.25) is 0 Å². The monoisotopic (exact) mass is 306 g/mol. The van der Waals surface area contributed by atoms with E-state index in [0.29, 0.717) is 5.75 Å². The van der Waals surface area contributed by atoms with E-state index < -0.39 is 17.9 Å². The van der Waals surface area contributed by atoms with Crippen LogP contribution in [0, 0.1) is 5.92 Å². The molecule has 0 spiro atoms. The SMILES string of the molecule is COCOc1cccc2c1CCC=C2CC(C(=O)O)C(=O)O. The van der Waals surface area contributed by atoms with Crippen molar-refractivity contribution in [3.63, 3.8) is 0 Å². The van der Waals surface area contributed by atoms with Crippen molar-refractivity contribution in [1.29, 1.82) is 0 Å². The zero-order chi connectivity index (χ0) is 16.1. The molecule has 0 amide bonds. The summed E-state index contributed by atoms with van der Waals surface area (Å²) >= 11 is 0. The number of aliphatic carboxylic acids is 2. The predicted molar refractivity (Wildman–Crippen MR) is 78.6 cm³/mol. The van der Waals surface area contributed by atoms with Gasteiger partial charge in [0.25, 0.3) is 0 Å². The average Bonchev–Trinajstić information content (AvgIpc) is 2.49. The number of hydrogen-bond donors (Lipinski definition) is 2. The molecule has 2 rings (SSSR count). The van der Waals surface area contributed by atoms with Crippen LogP contribution in [0.3, 0.4) is 0 Å². The van der Waals surface area contributed by atoms with Crippen molar-refractivity contribution in [2.24, 2.45) is 5.92 Å². The van der Waals surface area contributed by atoms with Crippen LogP contribution in [-0.2, 0) is 20.7 Å². The molecule has 1 aliphatic rings. The fraction of sp³-hybridized carbons (Fsp3) is 0.375. The lowest BCUT2D eigenvalue weighted by Gasteiger charge is -2.22. The molecule has 22 heavy (non-hydrogen) atoms. The zero-order valence-corrected chi connectivity index (χ0v) is 12.2. The van der Waals surface area contributed by atoms with Crippen LogP contribution in [0.5, 0.6) is 5.75 Å². The third kappa shape index (κ3) is 3.46. The fourth-order valence-electron chi connectivity index (χ4n) is 2.58. The molecule has 0 fully saturated rings. The Bertz CT molecular complexity index is 591. The molecule has 0 radical (unpaired) electrons. The molecule has 0 saturated heterocycles. The van der Waals surface area contributed by atoms with E-state index in [1.54, 1.807) is 6.07 Å². The third-order valence-electron chi connectivity index (χ3n) is 3.62. The van der Waals surface area contributed by atoms with Crippen LogP contribution in [-0.4, -0.2) is 36.1 Å². The Morgan fingerprint density at radius 2 is 2.00 bits per heavy atom. The first kappa shape index (κ1) is 16.0. The molecule has 6 nitrogen and oxygen atoms in total. The standard InChI is InChI=1S/C16H18O6/c1-21-9-22-14-7-3-5-11-10(4-2-6-12(11)14)8-13(15(17)18)16(19)20/h3-5,7,13H,2,6,8-9H2,1H3,(H,17,18)(H,19,20). The molecule has 0 aliphatic heterocycles. The highest BCUT2D eigenvalue weighted by Gasteiger charge is 2.29. The zero-order valence-electron chi connectivity index (χ0n) is 12.2. The van der Waals surface area contributed by atoms with Crippen LogP contribution < -0.4 is 4.74 Å². The van der Waals surface area contributed by atoms with Gasteiger partial charge >= 0.3 is 11.9 Å². The Labute approximate surface area is 128 Å². The molecule has 0 unspecified atom stereocenters. The second kappa shape index (κ2) is 7.09. The van der Waals surface area contributed by atoms with Crippen molar-refractivity contribution in [1.82, 2.24) is 0 Å². The molecule has 0 heterocycles. The number of ether oxygens (including phenoxy) is 2. The highest BCUT2D eigenvalue weighted by Crippen LogP contribution is 2.36. The van der Waals surface area contributed by atoms with Crippen molar-refractivity contribution >= 4 is 17.5 Å². The first-order chi connectivity index (χ1) is 10.5. The largest absolute Gasteiger partial charge is 0.481 e. The lowest BCUT2D eigenvalue weighted by Crippen LogP contribution is -2.24. The van der Waals surface area contributed by atoms with Gasteiger partial charge in [0.1, 0.15) is 5.75 Å². The van der Waals surface area contributed by atoms with Crippen molar-refractivity contribution in [3.05, 3.63) is 35.4 Å². The fourth-order valence-corrected chi connectivity index (χ4v) is 2.58. The summed E-state index contributed by atoms with van der Waals surface area (Å²) < 4.78 is 10.4. The maximum atomic E-state index is 11.1. The van der Waals surface area contributed by atoms with E-state index in [2.05, 4.69) is 0 Å². The molecule has 0 aromatic heterocycles. The van der Waals surface area contributed by atoms with E-state index >= 15 is 0 Å². The van der Waals surface area contributed by atoms with E-state index in [-0.39, 0.29) is 13.2 Å². The molecule has 2 N–H and O–H groups in total. The molecule has 1 aromatic rings. The second-order valence-corrected chi connectivity index (χ2v) is 5.03. The summed E-state index contributed by atoms with van der Waals surface area (Å²) in [5, 5.41) is 18.1. The molecular weight excluding hydrogens is 288 g/mol. The number of allylic oxidation sites excluding steroid dienone is 2. The van der Waals surface area contributed by atoms with Crippen LogP contribution >= 0.6 is 0 Å². The van der Waals surface area contributed by atoms with Gasteiger partial charge in [-0.3, -0.25) is 9.59 Å². The molecule has 118 valence electrons. The van der Waals surface area contributed by atoms with E-state index in [0.717, 1.165) is 29.5 Å². The summed E-state index contributed by atoms with van der Waals surface area (Å²) in [4.78, 5) is 22.2. The number of hydrogen-bond acceptors (Lipinski definition) is 4. The maximum Gasteiger partial charge on any atom is 0.318 e. The van der Waals surface area contributed by atoms with Crippen LogP contribution in [0.2, 0.25) is 0 Å². The smallest absolute Gasteiger partial charge is 0.318 e. The van der Waals surface area contributed by atoms with Gasteiger partial charge in [0.15, 0.2) is 12.7 Å². The van der Waals surface area contributed by atoms with E-state index in [9.17, 15) is 9.59 Å². The van der Waals surface area contributed by atoms with Gasteiger partial charge in [-0.1, -0.05) is 18.2 Å². The number of methoxy groups -OCH3 is 1. The second-order valence-electron chi connectivity index (χ2n) is 5.03. The number of benzene rings is 1. The first-order valence-corrected chi connectivity index (χ1v) is 6.93. The van der Waals surface area contributed by atoms with Gasteiger partial charge in [-0.25, -0.2) is 0 Å². The first-order valence-electron chi connectivity index (χ1n) is 6.93. The van der Waals surface area contributed by atoms with Gasteiger partial charge in [0, 0.05) is 12.7 Å². The lowest BCUT2D eigenvalue weighted by atomic mass is 9.85. The number of fused-ring (bicyclic) bond motifs is 1. The maximum absolute atomic E-state index is 11.1. The Balaban J connectivity index is 2.29. The van der Waals surface area contributed by atoms with E-state index in [1.165, 1.54) is 7.11 Å². The Hall–Kier alpha value is -2.34. The van der Waals surface area contributed by atoms with Crippen molar-refractivity contribution < 1.29 is 29.3 Å². The van der Waals surface area contributed by atoms with Gasteiger partial charge in [-0.15, -0.1) is 0 Å². The summed E-state index contributed by atoms with van der Waals surface area (Å²) in [5.41, 5.74) is 2.55. The van der Waals surface area contributed by atoms with Crippen LogP contribution in [0.4, 0.5) is 0 Å². The summed E-state index contributed by atoms with van der Waals surface area (Å²) in [6.07, 6.45) is 3.36. The van der Waals surface area contributed by atoms with Gasteiger partial charge in [-0.05, 0) is 36.5 Å². The summed E-state index contributed by atoms with van der Waals surface area (Å²) in [7, 11) is 1.53. The summed E-state index contributed by atoms with van der Waals surface area (Å²) in [6, 6.07) is 5.49.